The van der Waals surface area contributed by atoms with E-state index in [1.54, 1.807) is 13.0 Å². The zero-order chi connectivity index (χ0) is 13.8. The van der Waals surface area contributed by atoms with E-state index in [0.717, 1.165) is 5.76 Å². The summed E-state index contributed by atoms with van der Waals surface area (Å²) in [4.78, 5) is 11.5. The first-order chi connectivity index (χ1) is 9.11. The quantitative estimate of drug-likeness (QED) is 0.850. The van der Waals surface area contributed by atoms with E-state index in [9.17, 15) is 4.79 Å². The van der Waals surface area contributed by atoms with Gasteiger partial charge in [0, 0.05) is 6.04 Å². The van der Waals surface area contributed by atoms with Crippen molar-refractivity contribution in [1.29, 1.82) is 0 Å². The molecule has 0 saturated heterocycles. The molecule has 1 aromatic rings. The summed E-state index contributed by atoms with van der Waals surface area (Å²) in [5, 5.41) is 3.54. The normalized spacial score (nSPS) is 23.3. The van der Waals surface area contributed by atoms with Crippen molar-refractivity contribution < 1.29 is 13.9 Å². The summed E-state index contributed by atoms with van der Waals surface area (Å²) >= 11 is 0. The SMILES string of the molecule is COC(=O)c1cc(CNC2CCCCC2C)oc1C. The monoisotopic (exact) mass is 265 g/mol. The molecule has 2 atom stereocenters. The molecule has 1 saturated carbocycles. The first-order valence-corrected chi connectivity index (χ1v) is 7.03. The number of esters is 1. The maximum Gasteiger partial charge on any atom is 0.341 e. The van der Waals surface area contributed by atoms with Crippen molar-refractivity contribution in [3.8, 4) is 0 Å². The summed E-state index contributed by atoms with van der Waals surface area (Å²) in [5.74, 6) is 1.81. The molecule has 1 aliphatic carbocycles. The Morgan fingerprint density at radius 3 is 2.89 bits per heavy atom. The van der Waals surface area contributed by atoms with Crippen LogP contribution >= 0.6 is 0 Å². The average Bonchev–Trinajstić information content (AvgIpc) is 2.78. The largest absolute Gasteiger partial charge is 0.465 e. The van der Waals surface area contributed by atoms with Gasteiger partial charge in [-0.05, 0) is 31.7 Å². The highest BCUT2D eigenvalue weighted by atomic mass is 16.5. The topological polar surface area (TPSA) is 51.5 Å². The lowest BCUT2D eigenvalue weighted by atomic mass is 9.86. The summed E-state index contributed by atoms with van der Waals surface area (Å²) in [6.07, 6.45) is 5.16. The van der Waals surface area contributed by atoms with Crippen LogP contribution in [0.3, 0.4) is 0 Å². The lowest BCUT2D eigenvalue weighted by molar-refractivity contribution is 0.0599. The maximum atomic E-state index is 11.5. The van der Waals surface area contributed by atoms with E-state index >= 15 is 0 Å². The highest BCUT2D eigenvalue weighted by Gasteiger charge is 2.21. The molecule has 1 fully saturated rings. The van der Waals surface area contributed by atoms with Gasteiger partial charge in [-0.3, -0.25) is 0 Å². The van der Waals surface area contributed by atoms with Crippen molar-refractivity contribution in [1.82, 2.24) is 5.32 Å². The van der Waals surface area contributed by atoms with Crippen molar-refractivity contribution in [2.45, 2.75) is 52.1 Å². The Hall–Kier alpha value is -1.29. The number of hydrogen-bond donors (Lipinski definition) is 1. The molecule has 1 aromatic heterocycles. The molecule has 1 heterocycles. The van der Waals surface area contributed by atoms with Crippen LogP contribution in [0, 0.1) is 12.8 Å². The third-order valence-electron chi connectivity index (χ3n) is 4.02. The van der Waals surface area contributed by atoms with Gasteiger partial charge in [0.05, 0.1) is 13.7 Å². The van der Waals surface area contributed by atoms with Crippen molar-refractivity contribution >= 4 is 5.97 Å². The second kappa shape index (κ2) is 6.24. The van der Waals surface area contributed by atoms with Crippen LogP contribution in [0.1, 0.15) is 54.5 Å². The molecular formula is C15H23NO3. The van der Waals surface area contributed by atoms with Crippen molar-refractivity contribution in [3.05, 3.63) is 23.2 Å². The van der Waals surface area contributed by atoms with Gasteiger partial charge in [0.15, 0.2) is 0 Å². The van der Waals surface area contributed by atoms with Gasteiger partial charge in [-0.1, -0.05) is 19.8 Å². The summed E-state index contributed by atoms with van der Waals surface area (Å²) in [5.41, 5.74) is 0.524. The van der Waals surface area contributed by atoms with E-state index < -0.39 is 0 Å². The summed E-state index contributed by atoms with van der Waals surface area (Å²) in [6.45, 7) is 4.76. The molecular weight excluding hydrogens is 242 g/mol. The summed E-state index contributed by atoms with van der Waals surface area (Å²) in [6, 6.07) is 2.34. The molecule has 0 aromatic carbocycles. The van der Waals surface area contributed by atoms with Crippen LogP contribution in [0.15, 0.2) is 10.5 Å². The Morgan fingerprint density at radius 1 is 1.47 bits per heavy atom. The van der Waals surface area contributed by atoms with Crippen LogP contribution in [0.2, 0.25) is 0 Å². The smallest absolute Gasteiger partial charge is 0.341 e. The van der Waals surface area contributed by atoms with Gasteiger partial charge in [-0.25, -0.2) is 4.79 Å². The van der Waals surface area contributed by atoms with E-state index in [-0.39, 0.29) is 5.97 Å². The van der Waals surface area contributed by atoms with E-state index in [0.29, 0.717) is 29.8 Å². The third-order valence-corrected chi connectivity index (χ3v) is 4.02. The van der Waals surface area contributed by atoms with Gasteiger partial charge in [-0.2, -0.15) is 0 Å². The molecule has 1 N–H and O–H groups in total. The van der Waals surface area contributed by atoms with Crippen LogP contribution in [0.25, 0.3) is 0 Å². The van der Waals surface area contributed by atoms with E-state index in [1.807, 2.05) is 0 Å². The first-order valence-electron chi connectivity index (χ1n) is 7.03. The Kier molecular flexibility index (Phi) is 4.64. The number of aryl methyl sites for hydroxylation is 1. The van der Waals surface area contributed by atoms with Gasteiger partial charge in [0.1, 0.15) is 17.1 Å². The lowest BCUT2D eigenvalue weighted by Crippen LogP contribution is -2.36. The molecule has 1 aliphatic rings. The fraction of sp³-hybridized carbons (Fsp3) is 0.667. The van der Waals surface area contributed by atoms with Crippen LogP contribution in [0.4, 0.5) is 0 Å². The number of rotatable bonds is 4. The average molecular weight is 265 g/mol. The van der Waals surface area contributed by atoms with Crippen LogP contribution in [-0.2, 0) is 11.3 Å². The van der Waals surface area contributed by atoms with Gasteiger partial charge >= 0.3 is 5.97 Å². The second-order valence-electron chi connectivity index (χ2n) is 5.42. The number of carbonyl (C=O) groups is 1. The Bertz CT molecular complexity index is 439. The number of methoxy groups -OCH3 is 1. The van der Waals surface area contributed by atoms with Crippen molar-refractivity contribution in [2.24, 2.45) is 5.92 Å². The first kappa shape index (κ1) is 14.1. The molecule has 106 valence electrons. The Morgan fingerprint density at radius 2 is 2.21 bits per heavy atom. The number of hydrogen-bond acceptors (Lipinski definition) is 4. The Balaban J connectivity index is 1.94. The predicted molar refractivity (Wildman–Crippen MR) is 73.0 cm³/mol. The van der Waals surface area contributed by atoms with Crippen LogP contribution in [0.5, 0.6) is 0 Å². The Labute approximate surface area is 114 Å². The molecule has 0 amide bonds. The van der Waals surface area contributed by atoms with E-state index in [2.05, 4.69) is 12.2 Å². The molecule has 2 unspecified atom stereocenters. The number of ether oxygens (including phenoxy) is 1. The van der Waals surface area contributed by atoms with E-state index in [4.69, 9.17) is 9.15 Å². The zero-order valence-electron chi connectivity index (χ0n) is 12.0. The zero-order valence-corrected chi connectivity index (χ0v) is 12.0. The minimum Gasteiger partial charge on any atom is -0.465 e. The lowest BCUT2D eigenvalue weighted by Gasteiger charge is -2.29. The van der Waals surface area contributed by atoms with Crippen LogP contribution in [-0.4, -0.2) is 19.1 Å². The minimum absolute atomic E-state index is 0.335. The van der Waals surface area contributed by atoms with E-state index in [1.165, 1.54) is 32.8 Å². The molecule has 2 rings (SSSR count). The fourth-order valence-corrected chi connectivity index (χ4v) is 2.79. The molecule has 0 aliphatic heterocycles. The summed E-state index contributed by atoms with van der Waals surface area (Å²) in [7, 11) is 1.39. The number of nitrogens with one attached hydrogen (secondary N) is 1. The highest BCUT2D eigenvalue weighted by Crippen LogP contribution is 2.24. The maximum absolute atomic E-state index is 11.5. The van der Waals surface area contributed by atoms with Crippen molar-refractivity contribution in [3.63, 3.8) is 0 Å². The molecule has 4 heteroatoms. The number of carbonyl (C=O) groups excluding carboxylic acids is 1. The fourth-order valence-electron chi connectivity index (χ4n) is 2.79. The second-order valence-corrected chi connectivity index (χ2v) is 5.42. The standard InChI is InChI=1S/C15H23NO3/c1-10-6-4-5-7-14(10)16-9-12-8-13(11(2)19-12)15(17)18-3/h8,10,14,16H,4-7,9H2,1-3H3. The predicted octanol–water partition coefficient (Wildman–Crippen LogP) is 3.04. The molecule has 4 nitrogen and oxygen atoms in total. The van der Waals surface area contributed by atoms with Crippen LogP contribution < -0.4 is 5.32 Å². The minimum atomic E-state index is -0.335. The van der Waals surface area contributed by atoms with Crippen molar-refractivity contribution in [2.75, 3.05) is 7.11 Å². The molecule has 0 spiro atoms. The van der Waals surface area contributed by atoms with Gasteiger partial charge in [0.2, 0.25) is 0 Å². The third kappa shape index (κ3) is 3.38. The highest BCUT2D eigenvalue weighted by molar-refractivity contribution is 5.90. The molecule has 0 radical (unpaired) electrons. The summed E-state index contributed by atoms with van der Waals surface area (Å²) < 4.78 is 10.3. The number of furan rings is 1. The van der Waals surface area contributed by atoms with Gasteiger partial charge in [-0.15, -0.1) is 0 Å². The van der Waals surface area contributed by atoms with Gasteiger partial charge in [0.25, 0.3) is 0 Å². The van der Waals surface area contributed by atoms with Gasteiger partial charge < -0.3 is 14.5 Å². The molecule has 19 heavy (non-hydrogen) atoms. The molecule has 0 bridgehead atoms.